The Labute approximate surface area is 264 Å². The zero-order valence-electron chi connectivity index (χ0n) is 25.8. The van der Waals surface area contributed by atoms with E-state index in [4.69, 9.17) is 5.11 Å². The van der Waals surface area contributed by atoms with Crippen molar-refractivity contribution in [3.63, 3.8) is 0 Å². The van der Waals surface area contributed by atoms with Gasteiger partial charge in [-0.1, -0.05) is 55.8 Å². The second-order valence-corrected chi connectivity index (χ2v) is 12.4. The molecule has 1 saturated heterocycles. The van der Waals surface area contributed by atoms with Crippen LogP contribution in [0.2, 0.25) is 0 Å². The predicted octanol–water partition coefficient (Wildman–Crippen LogP) is 8.82. The number of hydrogen-bond donors (Lipinski definition) is 3. The number of anilines is 2. The molecule has 1 aliphatic heterocycles. The molecular formula is C36H43N3O4S. The van der Waals surface area contributed by atoms with E-state index in [9.17, 15) is 14.4 Å². The highest BCUT2D eigenvalue weighted by molar-refractivity contribution is 7.17. The van der Waals surface area contributed by atoms with Gasteiger partial charge in [0.2, 0.25) is 0 Å². The summed E-state index contributed by atoms with van der Waals surface area (Å²) in [6.07, 6.45) is 5.71. The van der Waals surface area contributed by atoms with E-state index >= 15 is 0 Å². The molecule has 0 bridgehead atoms. The average molecular weight is 614 g/mol. The van der Waals surface area contributed by atoms with Gasteiger partial charge in [0.25, 0.3) is 0 Å². The quantitative estimate of drug-likeness (QED) is 0.155. The van der Waals surface area contributed by atoms with Crippen LogP contribution in [0.25, 0.3) is 10.1 Å². The second-order valence-electron chi connectivity index (χ2n) is 11.4. The van der Waals surface area contributed by atoms with Crippen molar-refractivity contribution in [3.05, 3.63) is 94.9 Å². The molecule has 5 rings (SSSR count). The summed E-state index contributed by atoms with van der Waals surface area (Å²) in [7, 11) is 0. The maximum absolute atomic E-state index is 12.6. The van der Waals surface area contributed by atoms with Gasteiger partial charge < -0.3 is 20.6 Å². The van der Waals surface area contributed by atoms with Gasteiger partial charge in [0.1, 0.15) is 0 Å². The van der Waals surface area contributed by atoms with Crippen molar-refractivity contribution in [1.82, 2.24) is 4.90 Å². The Morgan fingerprint density at radius 3 is 2.32 bits per heavy atom. The fraction of sp³-hybridized carbons (Fsp3) is 0.361. The number of likely N-dealkylation sites (tertiary alicyclic amines) is 1. The van der Waals surface area contributed by atoms with Crippen molar-refractivity contribution in [3.8, 4) is 0 Å². The summed E-state index contributed by atoms with van der Waals surface area (Å²) in [6, 6.07) is 23.1. The normalized spacial score (nSPS) is 14.3. The van der Waals surface area contributed by atoms with E-state index in [0.29, 0.717) is 29.6 Å². The number of nitrogens with zero attached hydrogens (tertiary/aromatic N) is 1. The van der Waals surface area contributed by atoms with E-state index < -0.39 is 5.97 Å². The number of rotatable bonds is 10. The lowest BCUT2D eigenvalue weighted by Gasteiger charge is -2.36. The number of thiophene rings is 1. The molecule has 1 fully saturated rings. The molecule has 1 aromatic heterocycles. The summed E-state index contributed by atoms with van der Waals surface area (Å²) in [5.74, 6) is -0.198. The molecule has 2 heterocycles. The van der Waals surface area contributed by atoms with Gasteiger partial charge in [-0.15, -0.1) is 11.3 Å². The maximum atomic E-state index is 12.6. The highest BCUT2D eigenvalue weighted by Gasteiger charge is 2.25. The molecule has 1 unspecified atom stereocenters. The van der Waals surface area contributed by atoms with Crippen LogP contribution in [-0.4, -0.2) is 46.9 Å². The van der Waals surface area contributed by atoms with Crippen LogP contribution in [0.4, 0.5) is 16.2 Å². The van der Waals surface area contributed by atoms with Crippen molar-refractivity contribution in [2.45, 2.75) is 71.3 Å². The van der Waals surface area contributed by atoms with Crippen LogP contribution in [0.15, 0.2) is 78.2 Å². The molecule has 232 valence electrons. The summed E-state index contributed by atoms with van der Waals surface area (Å²) in [6.45, 7) is 8.44. The van der Waals surface area contributed by atoms with Gasteiger partial charge in [0, 0.05) is 34.1 Å². The third-order valence-electron chi connectivity index (χ3n) is 8.16. The Kier molecular flexibility index (Phi) is 12.1. The number of nitrogens with one attached hydrogen (secondary N) is 2. The highest BCUT2D eigenvalue weighted by Crippen LogP contribution is 2.38. The number of Topliss-reactive ketones (excluding diaryl/α,β-unsaturated/α-hetero) is 1. The highest BCUT2D eigenvalue weighted by atomic mass is 32.1. The van der Waals surface area contributed by atoms with E-state index in [1.54, 1.807) is 35.6 Å². The monoisotopic (exact) mass is 613 g/mol. The number of ketones is 1. The van der Waals surface area contributed by atoms with Gasteiger partial charge in [-0.2, -0.15) is 0 Å². The van der Waals surface area contributed by atoms with Crippen molar-refractivity contribution < 1.29 is 19.5 Å². The molecule has 2 amide bonds. The fourth-order valence-corrected chi connectivity index (χ4v) is 6.72. The number of hydrogen-bond acceptors (Lipinski definition) is 5. The number of carboxylic acids is 1. The van der Waals surface area contributed by atoms with Gasteiger partial charge in [0.05, 0.1) is 0 Å². The predicted molar refractivity (Wildman–Crippen MR) is 181 cm³/mol. The SMILES string of the molecule is CCCC(C)N1CCC(c2csc3ccc(NC(=O)Nc4cccc(C(C)=O)c4)cc23)CC1.O=C(O)CCc1ccccc1. The Bertz CT molecular complexity index is 1540. The summed E-state index contributed by atoms with van der Waals surface area (Å²) >= 11 is 1.78. The molecule has 3 N–H and O–H groups in total. The Morgan fingerprint density at radius 2 is 1.66 bits per heavy atom. The molecular weight excluding hydrogens is 570 g/mol. The molecule has 0 spiro atoms. The van der Waals surface area contributed by atoms with Crippen LogP contribution < -0.4 is 10.6 Å². The zero-order chi connectivity index (χ0) is 31.5. The first-order valence-corrected chi connectivity index (χ1v) is 16.3. The van der Waals surface area contributed by atoms with Crippen LogP contribution in [0.1, 0.15) is 80.3 Å². The van der Waals surface area contributed by atoms with E-state index in [2.05, 4.69) is 46.9 Å². The van der Waals surface area contributed by atoms with Gasteiger partial charge in [-0.3, -0.25) is 9.59 Å². The molecule has 0 saturated carbocycles. The first-order chi connectivity index (χ1) is 21.2. The maximum Gasteiger partial charge on any atom is 0.323 e. The van der Waals surface area contributed by atoms with Crippen molar-refractivity contribution in [2.24, 2.45) is 0 Å². The van der Waals surface area contributed by atoms with Crippen LogP contribution in [0, 0.1) is 0 Å². The van der Waals surface area contributed by atoms with Crippen molar-refractivity contribution >= 4 is 50.6 Å². The number of aliphatic carboxylic acids is 1. The third-order valence-corrected chi connectivity index (χ3v) is 9.14. The average Bonchev–Trinajstić information content (AvgIpc) is 3.44. The van der Waals surface area contributed by atoms with Crippen LogP contribution in [-0.2, 0) is 11.2 Å². The lowest BCUT2D eigenvalue weighted by atomic mass is 9.88. The molecule has 3 aromatic carbocycles. The topological polar surface area (TPSA) is 98.7 Å². The number of amides is 2. The molecule has 0 aliphatic carbocycles. The second kappa shape index (κ2) is 16.2. The summed E-state index contributed by atoms with van der Waals surface area (Å²) < 4.78 is 1.26. The Hall–Kier alpha value is -4.01. The van der Waals surface area contributed by atoms with Crippen LogP contribution in [0.3, 0.4) is 0 Å². The number of carbonyl (C=O) groups excluding carboxylic acids is 2. The molecule has 1 aliphatic rings. The number of urea groups is 1. The zero-order valence-corrected chi connectivity index (χ0v) is 26.7. The van der Waals surface area contributed by atoms with E-state index in [-0.39, 0.29) is 18.2 Å². The minimum Gasteiger partial charge on any atom is -0.481 e. The van der Waals surface area contributed by atoms with Gasteiger partial charge >= 0.3 is 12.0 Å². The molecule has 4 aromatic rings. The number of benzene rings is 3. The van der Waals surface area contributed by atoms with Crippen molar-refractivity contribution in [1.29, 1.82) is 0 Å². The third kappa shape index (κ3) is 9.49. The number of carboxylic acid groups (broad SMARTS) is 1. The summed E-state index contributed by atoms with van der Waals surface area (Å²) in [5.41, 5.74) is 4.44. The standard InChI is InChI=1S/C27H33N3O2S.C9H10O2/c1-4-6-18(2)30-13-11-20(12-14-30)25-17-33-26-10-9-23(16-24(25)26)29-27(32)28-22-8-5-7-21(15-22)19(3)31;10-9(11)7-6-8-4-2-1-3-5-8/h5,7-10,15-18,20H,4,6,11-14H2,1-3H3,(H2,28,29,32);1-5H,6-7H2,(H,10,11). The molecule has 7 nitrogen and oxygen atoms in total. The van der Waals surface area contributed by atoms with Crippen molar-refractivity contribution in [2.75, 3.05) is 23.7 Å². The van der Waals surface area contributed by atoms with E-state index in [1.807, 2.05) is 36.4 Å². The lowest BCUT2D eigenvalue weighted by molar-refractivity contribution is -0.136. The molecule has 0 radical (unpaired) electrons. The van der Waals surface area contributed by atoms with E-state index in [0.717, 1.165) is 24.3 Å². The smallest absolute Gasteiger partial charge is 0.323 e. The van der Waals surface area contributed by atoms with Gasteiger partial charge in [-0.05, 0) is 111 Å². The number of carbonyl (C=O) groups is 3. The Balaban J connectivity index is 0.000000339. The fourth-order valence-electron chi connectivity index (χ4n) is 5.70. The molecule has 44 heavy (non-hydrogen) atoms. The van der Waals surface area contributed by atoms with Crippen LogP contribution in [0.5, 0.6) is 0 Å². The minimum atomic E-state index is -0.742. The van der Waals surface area contributed by atoms with Crippen LogP contribution >= 0.6 is 11.3 Å². The van der Waals surface area contributed by atoms with Gasteiger partial charge in [-0.25, -0.2) is 4.79 Å². The number of piperidine rings is 1. The lowest BCUT2D eigenvalue weighted by Crippen LogP contribution is -2.39. The van der Waals surface area contributed by atoms with Gasteiger partial charge in [0.15, 0.2) is 5.78 Å². The summed E-state index contributed by atoms with van der Waals surface area (Å²) in [4.78, 5) is 37.0. The number of fused-ring (bicyclic) bond motifs is 1. The molecule has 1 atom stereocenters. The first kappa shape index (κ1) is 32.9. The Morgan fingerprint density at radius 1 is 0.955 bits per heavy atom. The summed E-state index contributed by atoms with van der Waals surface area (Å²) in [5, 5.41) is 17.7. The first-order valence-electron chi connectivity index (χ1n) is 15.4. The van der Waals surface area contributed by atoms with E-state index in [1.165, 1.54) is 48.3 Å². The minimum absolute atomic E-state index is 0.0276. The largest absolute Gasteiger partial charge is 0.481 e. The number of aryl methyl sites for hydroxylation is 1. The molecule has 8 heteroatoms.